The van der Waals surface area contributed by atoms with Crippen molar-refractivity contribution in [1.29, 1.82) is 0 Å². The second-order valence-electron chi connectivity index (χ2n) is 5.82. The number of amides is 1. The van der Waals surface area contributed by atoms with Crippen LogP contribution in [0.25, 0.3) is 0 Å². The van der Waals surface area contributed by atoms with Gasteiger partial charge in [0.15, 0.2) is 0 Å². The number of benzene rings is 2. The molecule has 4 nitrogen and oxygen atoms in total. The lowest BCUT2D eigenvalue weighted by molar-refractivity contribution is -0.116. The molecule has 0 radical (unpaired) electrons. The van der Waals surface area contributed by atoms with Gasteiger partial charge in [0, 0.05) is 18.8 Å². The molecule has 1 heterocycles. The fourth-order valence-electron chi connectivity index (χ4n) is 2.77. The van der Waals surface area contributed by atoms with Gasteiger partial charge in [-0.05, 0) is 43.2 Å². The maximum Gasteiger partial charge on any atom is 0.227 e. The molecule has 2 aromatic rings. The zero-order valence-electron chi connectivity index (χ0n) is 13.5. The molecule has 0 spiro atoms. The molecule has 3 rings (SSSR count). The average Bonchev–Trinajstić information content (AvgIpc) is 3.12. The molecular weight excluding hydrogens is 324 g/mol. The number of para-hydroxylation sites is 1. The van der Waals surface area contributed by atoms with Crippen molar-refractivity contribution in [2.45, 2.75) is 19.3 Å². The lowest BCUT2D eigenvalue weighted by atomic mass is 10.2. The number of halogens is 1. The minimum Gasteiger partial charge on any atom is -0.493 e. The molecule has 1 saturated heterocycles. The Bertz CT molecular complexity index is 685. The van der Waals surface area contributed by atoms with Crippen molar-refractivity contribution < 1.29 is 9.53 Å². The van der Waals surface area contributed by atoms with E-state index in [1.54, 1.807) is 0 Å². The summed E-state index contributed by atoms with van der Waals surface area (Å²) in [5, 5.41) is 3.43. The SMILES string of the molecule is O=C(CCOc1ccccc1)Nc1cc(N2CCCC2)ccc1Cl. The molecule has 1 aliphatic rings. The van der Waals surface area contributed by atoms with Gasteiger partial charge in [-0.15, -0.1) is 0 Å². The van der Waals surface area contributed by atoms with Gasteiger partial charge in [0.25, 0.3) is 0 Å². The van der Waals surface area contributed by atoms with Crippen LogP contribution in [0.15, 0.2) is 48.5 Å². The normalized spacial score (nSPS) is 13.8. The molecule has 0 unspecified atom stereocenters. The molecule has 5 heteroatoms. The molecule has 126 valence electrons. The van der Waals surface area contributed by atoms with E-state index < -0.39 is 0 Å². The fraction of sp³-hybridized carbons (Fsp3) is 0.316. The van der Waals surface area contributed by atoms with E-state index in [1.807, 2.05) is 48.5 Å². The topological polar surface area (TPSA) is 41.6 Å². The largest absolute Gasteiger partial charge is 0.493 e. The molecule has 1 N–H and O–H groups in total. The number of nitrogens with zero attached hydrogens (tertiary/aromatic N) is 1. The van der Waals surface area contributed by atoms with Crippen LogP contribution in [0.5, 0.6) is 5.75 Å². The summed E-state index contributed by atoms with van der Waals surface area (Å²) in [6, 6.07) is 15.3. The summed E-state index contributed by atoms with van der Waals surface area (Å²) in [6.45, 7) is 2.44. The van der Waals surface area contributed by atoms with Crippen LogP contribution in [0.3, 0.4) is 0 Å². The summed E-state index contributed by atoms with van der Waals surface area (Å²) in [6.07, 6.45) is 2.70. The number of carbonyl (C=O) groups excluding carboxylic acids is 1. The van der Waals surface area contributed by atoms with Gasteiger partial charge in [-0.3, -0.25) is 4.79 Å². The number of anilines is 2. The monoisotopic (exact) mass is 344 g/mol. The third-order valence-corrected chi connectivity index (χ3v) is 4.37. The van der Waals surface area contributed by atoms with Crippen LogP contribution in [0.1, 0.15) is 19.3 Å². The standard InChI is InChI=1S/C19H21ClN2O2/c20-17-9-8-15(22-11-4-5-12-22)14-18(17)21-19(23)10-13-24-16-6-2-1-3-7-16/h1-3,6-9,14H,4-5,10-13H2,(H,21,23). The van der Waals surface area contributed by atoms with Gasteiger partial charge in [0.1, 0.15) is 5.75 Å². The van der Waals surface area contributed by atoms with E-state index in [1.165, 1.54) is 12.8 Å². The lowest BCUT2D eigenvalue weighted by Crippen LogP contribution is -2.19. The highest BCUT2D eigenvalue weighted by Crippen LogP contribution is 2.29. The summed E-state index contributed by atoms with van der Waals surface area (Å²) < 4.78 is 5.55. The minimum atomic E-state index is -0.105. The fourth-order valence-corrected chi connectivity index (χ4v) is 2.94. The van der Waals surface area contributed by atoms with Gasteiger partial charge in [-0.25, -0.2) is 0 Å². The summed E-state index contributed by atoms with van der Waals surface area (Å²) in [4.78, 5) is 14.4. The predicted octanol–water partition coefficient (Wildman–Crippen LogP) is 4.35. The number of carbonyl (C=O) groups is 1. The van der Waals surface area contributed by atoms with Gasteiger partial charge in [0.05, 0.1) is 23.7 Å². The van der Waals surface area contributed by atoms with E-state index in [2.05, 4.69) is 10.2 Å². The summed E-state index contributed by atoms with van der Waals surface area (Å²) in [5.41, 5.74) is 1.76. The van der Waals surface area contributed by atoms with E-state index in [4.69, 9.17) is 16.3 Å². The molecule has 0 aliphatic carbocycles. The smallest absolute Gasteiger partial charge is 0.227 e. The first-order chi connectivity index (χ1) is 11.7. The first kappa shape index (κ1) is 16.7. The summed E-state index contributed by atoms with van der Waals surface area (Å²) >= 11 is 6.21. The first-order valence-corrected chi connectivity index (χ1v) is 8.62. The highest BCUT2D eigenvalue weighted by Gasteiger charge is 2.14. The third-order valence-electron chi connectivity index (χ3n) is 4.04. The predicted molar refractivity (Wildman–Crippen MR) is 98.1 cm³/mol. The number of hydrogen-bond donors (Lipinski definition) is 1. The van der Waals surface area contributed by atoms with Crippen molar-refractivity contribution >= 4 is 28.9 Å². The first-order valence-electron chi connectivity index (χ1n) is 8.24. The van der Waals surface area contributed by atoms with Gasteiger partial charge >= 0.3 is 0 Å². The highest BCUT2D eigenvalue weighted by molar-refractivity contribution is 6.33. The van der Waals surface area contributed by atoms with Crippen LogP contribution in [0.2, 0.25) is 5.02 Å². The number of hydrogen-bond acceptors (Lipinski definition) is 3. The van der Waals surface area contributed by atoms with Crippen LogP contribution >= 0.6 is 11.6 Å². The molecule has 0 atom stereocenters. The van der Waals surface area contributed by atoms with Gasteiger partial charge in [-0.1, -0.05) is 29.8 Å². The van der Waals surface area contributed by atoms with E-state index in [-0.39, 0.29) is 12.3 Å². The second-order valence-corrected chi connectivity index (χ2v) is 6.23. The molecule has 1 fully saturated rings. The van der Waals surface area contributed by atoms with Gasteiger partial charge in [-0.2, -0.15) is 0 Å². The third kappa shape index (κ3) is 4.42. The zero-order valence-corrected chi connectivity index (χ0v) is 14.3. The Kier molecular flexibility index (Phi) is 5.59. The van der Waals surface area contributed by atoms with Crippen molar-refractivity contribution in [3.05, 3.63) is 53.6 Å². The van der Waals surface area contributed by atoms with Crippen molar-refractivity contribution in [2.75, 3.05) is 29.9 Å². The highest BCUT2D eigenvalue weighted by atomic mass is 35.5. The quantitative estimate of drug-likeness (QED) is 0.847. The summed E-state index contributed by atoms with van der Waals surface area (Å²) in [5.74, 6) is 0.658. The summed E-state index contributed by atoms with van der Waals surface area (Å²) in [7, 11) is 0. The average molecular weight is 345 g/mol. The molecule has 1 aliphatic heterocycles. The van der Waals surface area contributed by atoms with Gasteiger partial charge in [0.2, 0.25) is 5.91 Å². The van der Waals surface area contributed by atoms with Gasteiger partial charge < -0.3 is 15.0 Å². The molecule has 1 amide bonds. The van der Waals surface area contributed by atoms with Crippen LogP contribution < -0.4 is 15.0 Å². The van der Waals surface area contributed by atoms with E-state index in [0.717, 1.165) is 24.5 Å². The lowest BCUT2D eigenvalue weighted by Gasteiger charge is -2.19. The van der Waals surface area contributed by atoms with Crippen LogP contribution in [0.4, 0.5) is 11.4 Å². The number of ether oxygens (including phenoxy) is 1. The van der Waals surface area contributed by atoms with Crippen LogP contribution in [-0.2, 0) is 4.79 Å². The van der Waals surface area contributed by atoms with E-state index >= 15 is 0 Å². The van der Waals surface area contributed by atoms with Crippen molar-refractivity contribution in [2.24, 2.45) is 0 Å². The molecule has 0 bridgehead atoms. The Hall–Kier alpha value is -2.20. The minimum absolute atomic E-state index is 0.105. The zero-order chi connectivity index (χ0) is 16.8. The van der Waals surface area contributed by atoms with Crippen LogP contribution in [-0.4, -0.2) is 25.6 Å². The Morgan fingerprint density at radius 2 is 1.88 bits per heavy atom. The maximum atomic E-state index is 12.1. The van der Waals surface area contributed by atoms with Crippen molar-refractivity contribution in [3.63, 3.8) is 0 Å². The molecule has 24 heavy (non-hydrogen) atoms. The van der Waals surface area contributed by atoms with Crippen molar-refractivity contribution in [1.82, 2.24) is 0 Å². The molecular formula is C19H21ClN2O2. The Morgan fingerprint density at radius 1 is 1.12 bits per heavy atom. The molecule has 0 aromatic heterocycles. The Labute approximate surface area is 147 Å². The van der Waals surface area contributed by atoms with E-state index in [0.29, 0.717) is 17.3 Å². The van der Waals surface area contributed by atoms with Crippen LogP contribution in [0, 0.1) is 0 Å². The molecule has 2 aromatic carbocycles. The molecule has 0 saturated carbocycles. The second kappa shape index (κ2) is 8.06. The number of nitrogens with one attached hydrogen (secondary N) is 1. The Morgan fingerprint density at radius 3 is 2.62 bits per heavy atom. The number of rotatable bonds is 6. The Balaban J connectivity index is 1.54. The maximum absolute atomic E-state index is 12.1. The van der Waals surface area contributed by atoms with E-state index in [9.17, 15) is 4.79 Å². The van der Waals surface area contributed by atoms with Crippen molar-refractivity contribution in [3.8, 4) is 5.75 Å².